The smallest absolute Gasteiger partial charge is 0.180 e. The molecule has 0 aliphatic carbocycles. The predicted molar refractivity (Wildman–Crippen MR) is 74.3 cm³/mol. The molecule has 0 saturated heterocycles. The van der Waals surface area contributed by atoms with Crippen LogP contribution in [-0.2, 0) is 0 Å². The molecular formula is C15H22FNO2. The Balaban J connectivity index is 2.83. The van der Waals surface area contributed by atoms with Crippen molar-refractivity contribution < 1.29 is 13.9 Å². The molecule has 1 aromatic carbocycles. The fourth-order valence-electron chi connectivity index (χ4n) is 2.09. The van der Waals surface area contributed by atoms with E-state index in [-0.39, 0.29) is 5.78 Å². The molecular weight excluding hydrogens is 245 g/mol. The third-order valence-electron chi connectivity index (χ3n) is 2.91. The lowest BCUT2D eigenvalue weighted by molar-refractivity contribution is 0.0927. The van der Waals surface area contributed by atoms with Crippen LogP contribution in [-0.4, -0.2) is 37.4 Å². The number of carbonyl (C=O) groups excluding carboxylic acids is 1. The van der Waals surface area contributed by atoms with Gasteiger partial charge in [0, 0.05) is 0 Å². The van der Waals surface area contributed by atoms with Gasteiger partial charge in [-0.2, -0.15) is 0 Å². The van der Waals surface area contributed by atoms with Crippen LogP contribution < -0.4 is 4.74 Å². The van der Waals surface area contributed by atoms with Crippen molar-refractivity contribution in [3.8, 4) is 5.75 Å². The molecule has 0 aromatic heterocycles. The number of ether oxygens (including phenoxy) is 1. The molecule has 0 aliphatic rings. The lowest BCUT2D eigenvalue weighted by Crippen LogP contribution is -2.31. The summed E-state index contributed by atoms with van der Waals surface area (Å²) < 4.78 is 18.4. The van der Waals surface area contributed by atoms with Gasteiger partial charge in [-0.3, -0.25) is 9.69 Å². The zero-order chi connectivity index (χ0) is 14.3. The highest BCUT2D eigenvalue weighted by Crippen LogP contribution is 2.20. The van der Waals surface area contributed by atoms with Gasteiger partial charge in [0.1, 0.15) is 11.6 Å². The lowest BCUT2D eigenvalue weighted by Gasteiger charge is -2.20. The van der Waals surface area contributed by atoms with E-state index in [1.807, 2.05) is 0 Å². The van der Waals surface area contributed by atoms with Gasteiger partial charge < -0.3 is 4.74 Å². The van der Waals surface area contributed by atoms with Crippen LogP contribution in [0, 0.1) is 5.82 Å². The molecule has 0 heterocycles. The number of ketones is 1. The molecule has 0 N–H and O–H groups in total. The number of carbonyl (C=O) groups is 1. The fraction of sp³-hybridized carbons (Fsp3) is 0.533. The second-order valence-electron chi connectivity index (χ2n) is 4.54. The zero-order valence-corrected chi connectivity index (χ0v) is 11.9. The summed E-state index contributed by atoms with van der Waals surface area (Å²) in [5.41, 5.74) is 0.319. The van der Waals surface area contributed by atoms with Crippen molar-refractivity contribution in [1.82, 2.24) is 4.90 Å². The maximum Gasteiger partial charge on any atom is 0.180 e. The van der Waals surface area contributed by atoms with E-state index in [4.69, 9.17) is 4.74 Å². The van der Waals surface area contributed by atoms with Gasteiger partial charge in [0.2, 0.25) is 0 Å². The third-order valence-corrected chi connectivity index (χ3v) is 2.91. The molecule has 0 aliphatic heterocycles. The molecule has 0 spiro atoms. The average molecular weight is 267 g/mol. The van der Waals surface area contributed by atoms with Gasteiger partial charge in [-0.25, -0.2) is 4.39 Å². The summed E-state index contributed by atoms with van der Waals surface area (Å²) >= 11 is 0. The van der Waals surface area contributed by atoms with Gasteiger partial charge in [-0.1, -0.05) is 13.8 Å². The molecule has 3 nitrogen and oxygen atoms in total. The van der Waals surface area contributed by atoms with Gasteiger partial charge in [0.25, 0.3) is 0 Å². The van der Waals surface area contributed by atoms with E-state index >= 15 is 0 Å². The van der Waals surface area contributed by atoms with Crippen molar-refractivity contribution in [2.75, 3.05) is 26.7 Å². The summed E-state index contributed by atoms with van der Waals surface area (Å²) in [6.45, 7) is 6.21. The highest BCUT2D eigenvalue weighted by atomic mass is 19.1. The van der Waals surface area contributed by atoms with Crippen LogP contribution in [0.3, 0.4) is 0 Å². The summed E-state index contributed by atoms with van der Waals surface area (Å²) in [6.07, 6.45) is 1.99. The van der Waals surface area contributed by atoms with Crippen molar-refractivity contribution in [2.24, 2.45) is 0 Å². The number of benzene rings is 1. The topological polar surface area (TPSA) is 29.5 Å². The first-order chi connectivity index (χ1) is 9.12. The van der Waals surface area contributed by atoms with Crippen LogP contribution in [0.2, 0.25) is 0 Å². The third kappa shape index (κ3) is 4.63. The van der Waals surface area contributed by atoms with Crippen LogP contribution in [0.5, 0.6) is 5.75 Å². The number of Topliss-reactive ketones (excluding diaryl/α,β-unsaturated/α-hetero) is 1. The van der Waals surface area contributed by atoms with Crippen LogP contribution in [0.25, 0.3) is 0 Å². The Bertz CT molecular complexity index is 415. The van der Waals surface area contributed by atoms with Crippen molar-refractivity contribution in [1.29, 1.82) is 0 Å². The van der Waals surface area contributed by atoms with Crippen molar-refractivity contribution in [3.05, 3.63) is 29.6 Å². The average Bonchev–Trinajstić information content (AvgIpc) is 2.39. The molecule has 0 saturated carbocycles. The number of halogens is 1. The molecule has 0 fully saturated rings. The maximum absolute atomic E-state index is 13.3. The Morgan fingerprint density at radius 3 is 2.42 bits per heavy atom. The zero-order valence-electron chi connectivity index (χ0n) is 11.9. The van der Waals surface area contributed by atoms with E-state index in [1.165, 1.54) is 25.3 Å². The number of hydrogen-bond acceptors (Lipinski definition) is 3. The van der Waals surface area contributed by atoms with E-state index in [2.05, 4.69) is 18.7 Å². The first kappa shape index (κ1) is 15.6. The summed E-state index contributed by atoms with van der Waals surface area (Å²) in [6, 6.07) is 4.04. The molecule has 1 rings (SSSR count). The van der Waals surface area contributed by atoms with Crippen LogP contribution in [0.4, 0.5) is 4.39 Å². The predicted octanol–water partition coefficient (Wildman–Crippen LogP) is 3.14. The number of methoxy groups -OCH3 is 1. The maximum atomic E-state index is 13.3. The monoisotopic (exact) mass is 267 g/mol. The number of nitrogens with zero attached hydrogens (tertiary/aromatic N) is 1. The standard InChI is InChI=1S/C15H22FNO2/c1-4-8-17(9-5-2)11-14(18)13-10-12(16)6-7-15(13)19-3/h6-7,10H,4-5,8-9,11H2,1-3H3. The van der Waals surface area contributed by atoms with Gasteiger partial charge >= 0.3 is 0 Å². The summed E-state index contributed by atoms with van der Waals surface area (Å²) in [5, 5.41) is 0. The normalized spacial score (nSPS) is 10.8. The van der Waals surface area contributed by atoms with E-state index in [0.717, 1.165) is 25.9 Å². The highest BCUT2D eigenvalue weighted by molar-refractivity contribution is 6.00. The molecule has 0 radical (unpaired) electrons. The molecule has 0 unspecified atom stereocenters. The molecule has 0 atom stereocenters. The number of rotatable bonds is 8. The van der Waals surface area contributed by atoms with Gasteiger partial charge in [0.15, 0.2) is 5.78 Å². The highest BCUT2D eigenvalue weighted by Gasteiger charge is 2.16. The van der Waals surface area contributed by atoms with E-state index in [0.29, 0.717) is 17.9 Å². The summed E-state index contributed by atoms with van der Waals surface area (Å²) in [7, 11) is 1.49. The quantitative estimate of drug-likeness (QED) is 0.678. The van der Waals surface area contributed by atoms with E-state index in [9.17, 15) is 9.18 Å². The largest absolute Gasteiger partial charge is 0.496 e. The van der Waals surface area contributed by atoms with Crippen molar-refractivity contribution >= 4 is 5.78 Å². The summed E-state index contributed by atoms with van der Waals surface area (Å²) in [4.78, 5) is 14.3. The minimum atomic E-state index is -0.415. The minimum Gasteiger partial charge on any atom is -0.496 e. The second-order valence-corrected chi connectivity index (χ2v) is 4.54. The van der Waals surface area contributed by atoms with Crippen LogP contribution >= 0.6 is 0 Å². The number of hydrogen-bond donors (Lipinski definition) is 0. The Labute approximate surface area is 114 Å². The molecule has 0 amide bonds. The second kappa shape index (κ2) is 7.89. The fourth-order valence-corrected chi connectivity index (χ4v) is 2.09. The first-order valence-corrected chi connectivity index (χ1v) is 6.71. The Morgan fingerprint density at radius 1 is 1.26 bits per heavy atom. The van der Waals surface area contributed by atoms with Gasteiger partial charge in [-0.15, -0.1) is 0 Å². The van der Waals surface area contributed by atoms with Crippen LogP contribution in [0.15, 0.2) is 18.2 Å². The van der Waals surface area contributed by atoms with E-state index < -0.39 is 5.82 Å². The van der Waals surface area contributed by atoms with E-state index in [1.54, 1.807) is 0 Å². The van der Waals surface area contributed by atoms with Crippen molar-refractivity contribution in [3.63, 3.8) is 0 Å². The molecule has 4 heteroatoms. The van der Waals surface area contributed by atoms with Gasteiger partial charge in [0.05, 0.1) is 19.2 Å². The Morgan fingerprint density at radius 2 is 1.89 bits per heavy atom. The molecule has 1 aromatic rings. The first-order valence-electron chi connectivity index (χ1n) is 6.71. The Hall–Kier alpha value is -1.42. The molecule has 106 valence electrons. The van der Waals surface area contributed by atoms with Gasteiger partial charge in [-0.05, 0) is 44.1 Å². The van der Waals surface area contributed by atoms with Crippen molar-refractivity contribution in [2.45, 2.75) is 26.7 Å². The SMILES string of the molecule is CCCN(CCC)CC(=O)c1cc(F)ccc1OC. The lowest BCUT2D eigenvalue weighted by atomic mass is 10.1. The molecule has 19 heavy (non-hydrogen) atoms. The molecule has 0 bridgehead atoms. The minimum absolute atomic E-state index is 0.0988. The summed E-state index contributed by atoms with van der Waals surface area (Å²) in [5.74, 6) is -0.0840. The Kier molecular flexibility index (Phi) is 6.50. The van der Waals surface area contributed by atoms with Crippen LogP contribution in [0.1, 0.15) is 37.0 Å².